The van der Waals surface area contributed by atoms with Crippen LogP contribution in [0, 0.1) is 5.41 Å². The van der Waals surface area contributed by atoms with Crippen molar-refractivity contribution in [2.45, 2.75) is 26.6 Å². The minimum Gasteiger partial charge on any atom is -0.384 e. The molecule has 9 heteroatoms. The average molecular weight is 435 g/mol. The number of anilines is 1. The number of carbonyl (C=O) groups excluding carboxylic acids is 2. The third-order valence-corrected chi connectivity index (χ3v) is 4.61. The minimum atomic E-state index is -0.927. The topological polar surface area (TPSA) is 135 Å². The molecule has 2 aromatic carbocycles. The predicted molar refractivity (Wildman–Crippen MR) is 122 cm³/mol. The quantitative estimate of drug-likeness (QED) is 0.303. The summed E-state index contributed by atoms with van der Waals surface area (Å²) in [7, 11) is 0. The zero-order valence-corrected chi connectivity index (χ0v) is 18.0. The fourth-order valence-corrected chi connectivity index (χ4v) is 3.09. The molecular formula is C23H26N6O3. The van der Waals surface area contributed by atoms with Crippen LogP contribution in [0.3, 0.4) is 0 Å². The number of nitrogens with two attached hydrogens (primary N) is 1. The van der Waals surface area contributed by atoms with Crippen molar-refractivity contribution in [2.24, 2.45) is 5.73 Å². The SMILES string of the molecule is CCOC(C(=O)NCc1ccc(C(=N)N)cc1)n1ccc(-c2cccc(NC(C)=O)c2)n1. The van der Waals surface area contributed by atoms with Crippen molar-refractivity contribution in [1.29, 1.82) is 5.41 Å². The van der Waals surface area contributed by atoms with Gasteiger partial charge in [0.1, 0.15) is 5.84 Å². The number of hydrogen-bond donors (Lipinski definition) is 4. The molecule has 0 fully saturated rings. The molecule has 0 bridgehead atoms. The normalized spacial score (nSPS) is 11.6. The van der Waals surface area contributed by atoms with Crippen molar-refractivity contribution >= 4 is 23.3 Å². The first-order valence-electron chi connectivity index (χ1n) is 10.1. The van der Waals surface area contributed by atoms with Crippen molar-refractivity contribution in [3.05, 3.63) is 71.9 Å². The van der Waals surface area contributed by atoms with Gasteiger partial charge in [0, 0.05) is 43.1 Å². The summed E-state index contributed by atoms with van der Waals surface area (Å²) >= 11 is 0. The summed E-state index contributed by atoms with van der Waals surface area (Å²) in [5.74, 6) is -0.491. The van der Waals surface area contributed by atoms with E-state index in [1.807, 2.05) is 25.1 Å². The number of nitrogens with zero attached hydrogens (tertiary/aromatic N) is 2. The van der Waals surface area contributed by atoms with Gasteiger partial charge in [0.15, 0.2) is 0 Å². The van der Waals surface area contributed by atoms with E-state index >= 15 is 0 Å². The number of benzene rings is 2. The van der Waals surface area contributed by atoms with Crippen molar-refractivity contribution in [1.82, 2.24) is 15.1 Å². The van der Waals surface area contributed by atoms with Crippen molar-refractivity contribution in [3.63, 3.8) is 0 Å². The van der Waals surface area contributed by atoms with E-state index in [0.29, 0.717) is 30.1 Å². The van der Waals surface area contributed by atoms with Crippen molar-refractivity contribution in [3.8, 4) is 11.3 Å². The van der Waals surface area contributed by atoms with Gasteiger partial charge in [0.2, 0.25) is 12.1 Å². The maximum atomic E-state index is 12.8. The summed E-state index contributed by atoms with van der Waals surface area (Å²) in [6, 6.07) is 16.2. The molecule has 2 amide bonds. The lowest BCUT2D eigenvalue weighted by Crippen LogP contribution is -2.34. The lowest BCUT2D eigenvalue weighted by molar-refractivity contribution is -0.139. The molecule has 1 unspecified atom stereocenters. The van der Waals surface area contributed by atoms with Gasteiger partial charge in [-0.1, -0.05) is 36.4 Å². The van der Waals surface area contributed by atoms with E-state index in [1.165, 1.54) is 11.6 Å². The minimum absolute atomic E-state index is 0.00547. The van der Waals surface area contributed by atoms with E-state index in [-0.39, 0.29) is 17.6 Å². The molecule has 32 heavy (non-hydrogen) atoms. The van der Waals surface area contributed by atoms with E-state index in [2.05, 4.69) is 15.7 Å². The number of ether oxygens (including phenoxy) is 1. The van der Waals surface area contributed by atoms with Gasteiger partial charge in [-0.3, -0.25) is 15.0 Å². The van der Waals surface area contributed by atoms with Crippen LogP contribution in [0.5, 0.6) is 0 Å². The fraction of sp³-hybridized carbons (Fsp3) is 0.217. The molecule has 5 N–H and O–H groups in total. The Labute approximate surface area is 186 Å². The van der Waals surface area contributed by atoms with Gasteiger partial charge >= 0.3 is 0 Å². The van der Waals surface area contributed by atoms with Crippen LogP contribution in [0.15, 0.2) is 60.8 Å². The molecular weight excluding hydrogens is 408 g/mol. The second-order valence-corrected chi connectivity index (χ2v) is 7.08. The Balaban J connectivity index is 1.71. The second-order valence-electron chi connectivity index (χ2n) is 7.08. The van der Waals surface area contributed by atoms with Crippen LogP contribution in [0.25, 0.3) is 11.3 Å². The maximum Gasteiger partial charge on any atom is 0.272 e. The molecule has 1 heterocycles. The van der Waals surface area contributed by atoms with Gasteiger partial charge < -0.3 is 21.1 Å². The van der Waals surface area contributed by atoms with Crippen LogP contribution >= 0.6 is 0 Å². The Morgan fingerprint density at radius 2 is 1.94 bits per heavy atom. The fourth-order valence-electron chi connectivity index (χ4n) is 3.09. The highest BCUT2D eigenvalue weighted by atomic mass is 16.5. The lowest BCUT2D eigenvalue weighted by Gasteiger charge is -2.17. The molecule has 3 rings (SSSR count). The van der Waals surface area contributed by atoms with E-state index in [4.69, 9.17) is 15.9 Å². The number of nitrogens with one attached hydrogen (secondary N) is 3. The zero-order valence-electron chi connectivity index (χ0n) is 18.0. The van der Waals surface area contributed by atoms with Crippen molar-refractivity contribution in [2.75, 3.05) is 11.9 Å². The Kier molecular flexibility index (Phi) is 7.35. The highest BCUT2D eigenvalue weighted by Crippen LogP contribution is 2.22. The Hall–Kier alpha value is -3.98. The summed E-state index contributed by atoms with van der Waals surface area (Å²) in [4.78, 5) is 24.1. The van der Waals surface area contributed by atoms with E-state index in [9.17, 15) is 9.59 Å². The van der Waals surface area contributed by atoms with Crippen LogP contribution in [-0.2, 0) is 20.9 Å². The molecule has 0 aliphatic carbocycles. The Bertz CT molecular complexity index is 1110. The molecule has 0 spiro atoms. The predicted octanol–water partition coefficient (Wildman–Crippen LogP) is 2.64. The van der Waals surface area contributed by atoms with Crippen LogP contribution in [0.4, 0.5) is 5.69 Å². The molecule has 0 saturated carbocycles. The molecule has 0 aliphatic rings. The first-order valence-corrected chi connectivity index (χ1v) is 10.1. The van der Waals surface area contributed by atoms with Gasteiger partial charge in [-0.25, -0.2) is 4.68 Å². The van der Waals surface area contributed by atoms with Gasteiger partial charge in [-0.2, -0.15) is 5.10 Å². The molecule has 0 aliphatic heterocycles. The molecule has 0 saturated heterocycles. The summed E-state index contributed by atoms with van der Waals surface area (Å²) in [5.41, 5.74) is 9.08. The van der Waals surface area contributed by atoms with Gasteiger partial charge in [0.05, 0.1) is 5.69 Å². The first-order chi connectivity index (χ1) is 15.4. The summed E-state index contributed by atoms with van der Waals surface area (Å²) < 4.78 is 7.11. The average Bonchev–Trinajstić information content (AvgIpc) is 3.26. The number of rotatable bonds is 9. The Morgan fingerprint density at radius 3 is 2.59 bits per heavy atom. The van der Waals surface area contributed by atoms with E-state index < -0.39 is 6.23 Å². The second kappa shape index (κ2) is 10.4. The maximum absolute atomic E-state index is 12.8. The monoisotopic (exact) mass is 434 g/mol. The third-order valence-electron chi connectivity index (χ3n) is 4.61. The molecule has 3 aromatic rings. The highest BCUT2D eigenvalue weighted by Gasteiger charge is 2.22. The summed E-state index contributed by atoms with van der Waals surface area (Å²) in [6.07, 6.45) is 0.755. The molecule has 9 nitrogen and oxygen atoms in total. The molecule has 1 aromatic heterocycles. The van der Waals surface area contributed by atoms with Gasteiger partial charge in [0.25, 0.3) is 5.91 Å². The smallest absolute Gasteiger partial charge is 0.272 e. The zero-order chi connectivity index (χ0) is 23.1. The molecule has 166 valence electrons. The molecule has 0 radical (unpaired) electrons. The third kappa shape index (κ3) is 5.79. The Morgan fingerprint density at radius 1 is 1.19 bits per heavy atom. The van der Waals surface area contributed by atoms with Crippen LogP contribution in [-0.4, -0.2) is 34.0 Å². The standard InChI is InChI=1S/C23H26N6O3/c1-3-32-23(22(31)26-14-16-7-9-17(10-8-16)21(24)25)29-12-11-20(28-29)18-5-4-6-19(13-18)27-15(2)30/h4-13,23H,3,14H2,1-2H3,(H3,24,25)(H,26,31)(H,27,30). The molecule has 1 atom stereocenters. The number of aromatic nitrogens is 2. The number of carbonyl (C=O) groups is 2. The van der Waals surface area contributed by atoms with Gasteiger partial charge in [-0.05, 0) is 30.7 Å². The number of nitrogen functional groups attached to an aromatic ring is 1. The number of hydrogen-bond acceptors (Lipinski definition) is 5. The van der Waals surface area contributed by atoms with Crippen molar-refractivity contribution < 1.29 is 14.3 Å². The van der Waals surface area contributed by atoms with Crippen LogP contribution in [0.2, 0.25) is 0 Å². The lowest BCUT2D eigenvalue weighted by atomic mass is 10.1. The van der Waals surface area contributed by atoms with E-state index in [0.717, 1.165) is 11.1 Å². The first kappa shape index (κ1) is 22.7. The summed E-state index contributed by atoms with van der Waals surface area (Å²) in [5, 5.41) is 17.5. The van der Waals surface area contributed by atoms with E-state index in [1.54, 1.807) is 42.6 Å². The van der Waals surface area contributed by atoms with Gasteiger partial charge in [-0.15, -0.1) is 0 Å². The van der Waals surface area contributed by atoms with Crippen LogP contribution < -0.4 is 16.4 Å². The van der Waals surface area contributed by atoms with Crippen LogP contribution in [0.1, 0.15) is 31.2 Å². The largest absolute Gasteiger partial charge is 0.384 e. The summed E-state index contributed by atoms with van der Waals surface area (Å²) in [6.45, 7) is 3.89. The highest BCUT2D eigenvalue weighted by molar-refractivity contribution is 5.94. The number of amidine groups is 1. The number of amides is 2.